The van der Waals surface area contributed by atoms with Gasteiger partial charge in [-0.25, -0.2) is 4.79 Å². The summed E-state index contributed by atoms with van der Waals surface area (Å²) in [6.07, 6.45) is 0. The minimum atomic E-state index is -0.853. The van der Waals surface area contributed by atoms with Crippen molar-refractivity contribution in [3.63, 3.8) is 0 Å². The number of carbonyl (C=O) groups excluding carboxylic acids is 2. The monoisotopic (exact) mass is 282 g/mol. The van der Waals surface area contributed by atoms with Gasteiger partial charge in [0.15, 0.2) is 0 Å². The smallest absolute Gasteiger partial charge is 0.385 e. The Morgan fingerprint density at radius 1 is 1.00 bits per heavy atom. The van der Waals surface area contributed by atoms with Gasteiger partial charge >= 0.3 is 5.97 Å². The molecule has 0 aliphatic heterocycles. The first-order chi connectivity index (χ1) is 9.99. The van der Waals surface area contributed by atoms with Crippen LogP contribution in [-0.2, 0) is 4.79 Å². The van der Waals surface area contributed by atoms with Crippen molar-refractivity contribution in [2.75, 3.05) is 0 Å². The number of rotatable bonds is 4. The topological polar surface area (TPSA) is 43.4 Å². The normalized spacial score (nSPS) is 10.5. The molecule has 0 heterocycles. The highest BCUT2D eigenvalue weighted by atomic mass is 16.5. The zero-order chi connectivity index (χ0) is 15.4. The highest BCUT2D eigenvalue weighted by Crippen LogP contribution is 2.27. The van der Waals surface area contributed by atoms with Gasteiger partial charge in [-0.1, -0.05) is 56.3 Å². The van der Waals surface area contributed by atoms with E-state index < -0.39 is 11.8 Å². The van der Waals surface area contributed by atoms with E-state index in [1.165, 1.54) is 0 Å². The molecule has 2 aromatic rings. The summed E-state index contributed by atoms with van der Waals surface area (Å²) in [6, 6.07) is 14.1. The van der Waals surface area contributed by atoms with Crippen molar-refractivity contribution in [3.8, 4) is 5.75 Å². The maximum atomic E-state index is 12.0. The number of hydrogen-bond donors (Lipinski definition) is 0. The van der Waals surface area contributed by atoms with E-state index in [-0.39, 0.29) is 5.92 Å². The fourth-order valence-corrected chi connectivity index (χ4v) is 2.06. The number of benzene rings is 2. The number of aryl methyl sites for hydroxylation is 1. The number of ether oxygens (including phenoxy) is 1. The fraction of sp³-hybridized carbons (Fsp3) is 0.222. The molecule has 0 bridgehead atoms. The molecule has 0 aliphatic rings. The number of Topliss-reactive ketones (excluding diaryl/α,β-unsaturated/α-hetero) is 1. The first kappa shape index (κ1) is 15.0. The van der Waals surface area contributed by atoms with Crippen LogP contribution in [0.2, 0.25) is 0 Å². The Labute approximate surface area is 124 Å². The lowest BCUT2D eigenvalue weighted by Crippen LogP contribution is -2.21. The molecule has 108 valence electrons. The van der Waals surface area contributed by atoms with Crippen LogP contribution in [0.3, 0.4) is 0 Å². The average Bonchev–Trinajstić information content (AvgIpc) is 2.47. The summed E-state index contributed by atoms with van der Waals surface area (Å²) in [4.78, 5) is 24.1. The summed E-state index contributed by atoms with van der Waals surface area (Å²) in [6.45, 7) is 5.95. The number of hydrogen-bond acceptors (Lipinski definition) is 3. The van der Waals surface area contributed by atoms with Crippen LogP contribution in [-0.4, -0.2) is 11.8 Å². The summed E-state index contributed by atoms with van der Waals surface area (Å²) in [7, 11) is 0. The van der Waals surface area contributed by atoms with Crippen LogP contribution in [0, 0.1) is 6.92 Å². The Bertz CT molecular complexity index is 657. The van der Waals surface area contributed by atoms with Crippen molar-refractivity contribution >= 4 is 11.8 Å². The molecule has 0 spiro atoms. The number of carbonyl (C=O) groups is 2. The predicted molar refractivity (Wildman–Crippen MR) is 81.7 cm³/mol. The average molecular weight is 282 g/mol. The summed E-state index contributed by atoms with van der Waals surface area (Å²) in [5.41, 5.74) is 2.23. The van der Waals surface area contributed by atoms with Gasteiger partial charge in [-0.05, 0) is 30.0 Å². The largest absolute Gasteiger partial charge is 0.420 e. The molecule has 0 N–H and O–H groups in total. The van der Waals surface area contributed by atoms with E-state index in [0.29, 0.717) is 11.3 Å². The molecule has 2 aromatic carbocycles. The van der Waals surface area contributed by atoms with Crippen LogP contribution in [0.25, 0.3) is 0 Å². The zero-order valence-electron chi connectivity index (χ0n) is 12.4. The molecule has 0 aromatic heterocycles. The molecule has 0 saturated carbocycles. The molecule has 0 fully saturated rings. The van der Waals surface area contributed by atoms with E-state index in [4.69, 9.17) is 4.74 Å². The molecule has 0 saturated heterocycles. The maximum absolute atomic E-state index is 12.0. The van der Waals surface area contributed by atoms with Crippen molar-refractivity contribution in [2.24, 2.45) is 0 Å². The summed E-state index contributed by atoms with van der Waals surface area (Å²) < 4.78 is 5.32. The summed E-state index contributed by atoms with van der Waals surface area (Å²) >= 11 is 0. The van der Waals surface area contributed by atoms with Crippen molar-refractivity contribution in [3.05, 3.63) is 65.2 Å². The first-order valence-electron chi connectivity index (χ1n) is 6.91. The minimum Gasteiger partial charge on any atom is -0.420 e. The molecule has 21 heavy (non-hydrogen) atoms. The second-order valence-electron chi connectivity index (χ2n) is 5.28. The number of esters is 1. The molecular weight excluding hydrogens is 264 g/mol. The van der Waals surface area contributed by atoms with E-state index >= 15 is 0 Å². The second-order valence-corrected chi connectivity index (χ2v) is 5.28. The van der Waals surface area contributed by atoms with Crippen LogP contribution in [0.5, 0.6) is 5.75 Å². The van der Waals surface area contributed by atoms with Gasteiger partial charge in [0.1, 0.15) is 5.75 Å². The van der Waals surface area contributed by atoms with Crippen LogP contribution >= 0.6 is 0 Å². The molecular formula is C18H18O3. The molecule has 0 radical (unpaired) electrons. The lowest BCUT2D eigenvalue weighted by Gasteiger charge is -2.13. The summed E-state index contributed by atoms with van der Waals surface area (Å²) in [5.74, 6) is -0.819. The quantitative estimate of drug-likeness (QED) is 0.369. The van der Waals surface area contributed by atoms with Crippen LogP contribution in [0.1, 0.15) is 41.3 Å². The maximum Gasteiger partial charge on any atom is 0.385 e. The number of ketones is 1. The van der Waals surface area contributed by atoms with Gasteiger partial charge in [0.05, 0.1) is 0 Å². The Balaban J connectivity index is 2.24. The van der Waals surface area contributed by atoms with Gasteiger partial charge in [-0.15, -0.1) is 0 Å². The van der Waals surface area contributed by atoms with Gasteiger partial charge in [-0.2, -0.15) is 0 Å². The molecule has 0 aliphatic carbocycles. The van der Waals surface area contributed by atoms with Crippen molar-refractivity contribution in [1.29, 1.82) is 0 Å². The highest BCUT2D eigenvalue weighted by Gasteiger charge is 2.20. The third kappa shape index (κ3) is 3.57. The Morgan fingerprint density at radius 3 is 2.29 bits per heavy atom. The van der Waals surface area contributed by atoms with E-state index in [2.05, 4.69) is 0 Å². The summed E-state index contributed by atoms with van der Waals surface area (Å²) in [5, 5.41) is 0. The van der Waals surface area contributed by atoms with Gasteiger partial charge in [0, 0.05) is 5.56 Å². The van der Waals surface area contributed by atoms with Gasteiger partial charge < -0.3 is 4.74 Å². The van der Waals surface area contributed by atoms with Gasteiger partial charge in [0.25, 0.3) is 5.78 Å². The highest BCUT2D eigenvalue weighted by molar-refractivity contribution is 6.41. The lowest BCUT2D eigenvalue weighted by atomic mass is 10.0. The first-order valence-corrected chi connectivity index (χ1v) is 6.91. The molecule has 0 amide bonds. The van der Waals surface area contributed by atoms with Gasteiger partial charge in [0.2, 0.25) is 0 Å². The second kappa shape index (κ2) is 6.35. The van der Waals surface area contributed by atoms with Crippen LogP contribution in [0.4, 0.5) is 0 Å². The van der Waals surface area contributed by atoms with E-state index in [9.17, 15) is 9.59 Å². The van der Waals surface area contributed by atoms with E-state index in [0.717, 1.165) is 11.1 Å². The molecule has 3 nitrogen and oxygen atoms in total. The lowest BCUT2D eigenvalue weighted by molar-refractivity contribution is -0.129. The standard InChI is InChI=1S/C18H18O3/c1-12(2)15-10-9-13(3)11-16(15)21-18(20)17(19)14-7-5-4-6-8-14/h4-12H,1-3H3. The Kier molecular flexibility index (Phi) is 4.53. The zero-order valence-corrected chi connectivity index (χ0v) is 12.4. The molecule has 3 heteroatoms. The molecule has 0 unspecified atom stereocenters. The SMILES string of the molecule is Cc1ccc(C(C)C)c(OC(=O)C(=O)c2ccccc2)c1. The van der Waals surface area contributed by atoms with Crippen molar-refractivity contribution in [2.45, 2.75) is 26.7 Å². The van der Waals surface area contributed by atoms with E-state index in [1.54, 1.807) is 36.4 Å². The third-order valence-corrected chi connectivity index (χ3v) is 3.22. The van der Waals surface area contributed by atoms with Crippen molar-refractivity contribution in [1.82, 2.24) is 0 Å². The Morgan fingerprint density at radius 2 is 1.67 bits per heavy atom. The molecule has 2 rings (SSSR count). The molecule has 0 atom stereocenters. The third-order valence-electron chi connectivity index (χ3n) is 3.22. The van der Waals surface area contributed by atoms with Crippen LogP contribution < -0.4 is 4.74 Å². The predicted octanol–water partition coefficient (Wildman–Crippen LogP) is 3.91. The van der Waals surface area contributed by atoms with Crippen molar-refractivity contribution < 1.29 is 14.3 Å². The Hall–Kier alpha value is -2.42. The fourth-order valence-electron chi connectivity index (χ4n) is 2.06. The minimum absolute atomic E-state index is 0.209. The van der Waals surface area contributed by atoms with Gasteiger partial charge in [-0.3, -0.25) is 4.79 Å². The van der Waals surface area contributed by atoms with E-state index in [1.807, 2.05) is 32.9 Å². The van der Waals surface area contributed by atoms with Crippen LogP contribution in [0.15, 0.2) is 48.5 Å².